The summed E-state index contributed by atoms with van der Waals surface area (Å²) in [5.74, 6) is -0.0167. The van der Waals surface area contributed by atoms with E-state index in [0.717, 1.165) is 25.7 Å². The van der Waals surface area contributed by atoms with E-state index in [1.54, 1.807) is 23.1 Å². The molecular weight excluding hydrogens is 386 g/mol. The highest BCUT2D eigenvalue weighted by Crippen LogP contribution is 2.46. The molecule has 0 radical (unpaired) electrons. The topological polar surface area (TPSA) is 143 Å². The molecule has 1 aliphatic carbocycles. The Balaban J connectivity index is 1.61. The minimum Gasteiger partial charge on any atom is -0.491 e. The fraction of sp³-hybridized carbons (Fsp3) is 0.571. The van der Waals surface area contributed by atoms with Crippen LogP contribution in [0.3, 0.4) is 0 Å². The van der Waals surface area contributed by atoms with Gasteiger partial charge < -0.3 is 31.6 Å². The van der Waals surface area contributed by atoms with Crippen LogP contribution in [0.25, 0.3) is 0 Å². The molecular formula is C21H29N5O4. The van der Waals surface area contributed by atoms with Gasteiger partial charge in [0, 0.05) is 24.3 Å². The predicted molar refractivity (Wildman–Crippen MR) is 111 cm³/mol. The molecule has 4 rings (SSSR count). The van der Waals surface area contributed by atoms with Gasteiger partial charge in [-0.05, 0) is 37.3 Å². The number of hydrogen-bond acceptors (Lipinski definition) is 6. The van der Waals surface area contributed by atoms with E-state index in [0.29, 0.717) is 18.9 Å². The van der Waals surface area contributed by atoms with Gasteiger partial charge in [0.1, 0.15) is 12.4 Å². The number of ether oxygens (including phenoxy) is 1. The third kappa shape index (κ3) is 3.22. The van der Waals surface area contributed by atoms with Gasteiger partial charge in [-0.3, -0.25) is 9.59 Å². The maximum Gasteiger partial charge on any atom is 0.242 e. The van der Waals surface area contributed by atoms with Crippen molar-refractivity contribution in [2.45, 2.75) is 51.1 Å². The number of rotatable bonds is 6. The van der Waals surface area contributed by atoms with Gasteiger partial charge in [-0.1, -0.05) is 31.0 Å². The van der Waals surface area contributed by atoms with Crippen molar-refractivity contribution in [3.05, 3.63) is 23.8 Å². The highest BCUT2D eigenvalue weighted by Gasteiger charge is 2.62. The Hall–Kier alpha value is -2.97. The second-order valence-electron chi connectivity index (χ2n) is 8.74. The number of nitrogens with zero attached hydrogens (tertiary/aromatic N) is 2. The number of benzene rings is 1. The first-order valence-electron chi connectivity index (χ1n) is 10.5. The van der Waals surface area contributed by atoms with Gasteiger partial charge in [0.25, 0.3) is 0 Å². The van der Waals surface area contributed by atoms with Crippen molar-refractivity contribution in [1.82, 2.24) is 10.2 Å². The molecule has 2 heterocycles. The number of nitrogens with two attached hydrogens (primary N) is 2. The summed E-state index contributed by atoms with van der Waals surface area (Å²) in [7, 11) is 0. The molecule has 1 aromatic rings. The molecule has 2 amide bonds. The van der Waals surface area contributed by atoms with E-state index in [1.165, 1.54) is 0 Å². The molecule has 1 saturated carbocycles. The van der Waals surface area contributed by atoms with Crippen LogP contribution in [0.1, 0.15) is 44.6 Å². The van der Waals surface area contributed by atoms with Crippen LogP contribution < -0.4 is 21.5 Å². The average molecular weight is 415 g/mol. The van der Waals surface area contributed by atoms with Crippen molar-refractivity contribution >= 4 is 23.3 Å². The monoisotopic (exact) mass is 415 g/mol. The number of amidine groups is 1. The summed E-state index contributed by atoms with van der Waals surface area (Å²) in [6.45, 7) is 2.63. The van der Waals surface area contributed by atoms with Crippen LogP contribution in [0.15, 0.2) is 23.4 Å². The van der Waals surface area contributed by atoms with E-state index >= 15 is 0 Å². The minimum absolute atomic E-state index is 0.0554. The van der Waals surface area contributed by atoms with E-state index in [1.807, 2.05) is 0 Å². The van der Waals surface area contributed by atoms with Gasteiger partial charge in [-0.25, -0.2) is 0 Å². The molecule has 0 bridgehead atoms. The Labute approximate surface area is 175 Å². The fourth-order valence-electron chi connectivity index (χ4n) is 4.96. The maximum atomic E-state index is 13.4. The summed E-state index contributed by atoms with van der Waals surface area (Å²) >= 11 is 0. The van der Waals surface area contributed by atoms with Crippen molar-refractivity contribution in [3.8, 4) is 5.75 Å². The first-order chi connectivity index (χ1) is 14.4. The average Bonchev–Trinajstić information content (AvgIpc) is 3.31. The van der Waals surface area contributed by atoms with Gasteiger partial charge in [0.15, 0.2) is 11.3 Å². The number of fused-ring (bicyclic) bond motifs is 1. The van der Waals surface area contributed by atoms with Gasteiger partial charge in [-0.2, -0.15) is 0 Å². The van der Waals surface area contributed by atoms with Crippen LogP contribution in [0.2, 0.25) is 0 Å². The molecule has 0 aromatic heterocycles. The molecule has 3 unspecified atom stereocenters. The van der Waals surface area contributed by atoms with Crippen molar-refractivity contribution in [2.75, 3.05) is 18.9 Å². The Morgan fingerprint density at radius 3 is 2.77 bits per heavy atom. The van der Waals surface area contributed by atoms with Crippen molar-refractivity contribution in [2.24, 2.45) is 22.2 Å². The smallest absolute Gasteiger partial charge is 0.242 e. The first kappa shape index (κ1) is 20.3. The number of nitrogens with one attached hydrogen (secondary N) is 1. The number of anilines is 1. The Kier molecular flexibility index (Phi) is 5.21. The maximum absolute atomic E-state index is 13.4. The van der Waals surface area contributed by atoms with Crippen LogP contribution >= 0.6 is 0 Å². The van der Waals surface area contributed by atoms with Gasteiger partial charge >= 0.3 is 0 Å². The number of carbonyl (C=O) groups excluding carboxylic acids is 2. The third-order valence-corrected chi connectivity index (χ3v) is 6.79. The third-order valence-electron chi connectivity index (χ3n) is 6.79. The summed E-state index contributed by atoms with van der Waals surface area (Å²) in [4.78, 5) is 28.4. The Bertz CT molecular complexity index is 882. The van der Waals surface area contributed by atoms with Gasteiger partial charge in [-0.15, -0.1) is 0 Å². The highest BCUT2D eigenvalue weighted by atomic mass is 16.5. The number of oxime groups is 1. The number of amides is 2. The molecule has 30 heavy (non-hydrogen) atoms. The molecule has 2 saturated heterocycles. The fourth-order valence-corrected chi connectivity index (χ4v) is 4.96. The van der Waals surface area contributed by atoms with Gasteiger partial charge in [0.05, 0.1) is 5.56 Å². The van der Waals surface area contributed by atoms with E-state index < -0.39 is 5.41 Å². The first-order valence-corrected chi connectivity index (χ1v) is 10.5. The molecule has 6 N–H and O–H groups in total. The highest BCUT2D eigenvalue weighted by molar-refractivity contribution is 6.08. The molecule has 0 spiro atoms. The molecule has 3 atom stereocenters. The molecule has 9 nitrogen and oxygen atoms in total. The summed E-state index contributed by atoms with van der Waals surface area (Å²) in [6, 6.07) is 5.07. The zero-order valence-corrected chi connectivity index (χ0v) is 17.1. The van der Waals surface area contributed by atoms with Crippen LogP contribution in [0, 0.1) is 11.3 Å². The summed E-state index contributed by atoms with van der Waals surface area (Å²) in [5, 5.41) is 15.2. The molecule has 3 aliphatic rings. The lowest BCUT2D eigenvalue weighted by Crippen LogP contribution is -2.55. The van der Waals surface area contributed by atoms with Crippen molar-refractivity contribution in [1.29, 1.82) is 0 Å². The van der Waals surface area contributed by atoms with Gasteiger partial charge in [0.2, 0.25) is 11.8 Å². The standard InChI is InChI=1S/C21H29N5O4/c1-12-10-26-15(12)9-21(20(26)28,19(27)24-13-5-2-3-6-13)11-30-16-8-4-7-14(22)17(16)18(23)25-29/h4,7-8,12-13,15,29H,2-3,5-6,9-11,22H2,1H3,(H2,23,25)(H,24,27). The van der Waals surface area contributed by atoms with E-state index in [9.17, 15) is 9.59 Å². The number of nitrogen functional groups attached to an aromatic ring is 1. The number of carbonyl (C=O) groups is 2. The minimum atomic E-state index is -1.29. The van der Waals surface area contributed by atoms with Crippen molar-refractivity contribution < 1.29 is 19.5 Å². The molecule has 2 aliphatic heterocycles. The predicted octanol–water partition coefficient (Wildman–Crippen LogP) is 1.04. The van der Waals surface area contributed by atoms with Crippen LogP contribution in [-0.2, 0) is 9.59 Å². The van der Waals surface area contributed by atoms with E-state index in [4.69, 9.17) is 21.4 Å². The summed E-state index contributed by atoms with van der Waals surface area (Å²) in [5.41, 5.74) is 11.0. The molecule has 3 fully saturated rings. The lowest BCUT2D eigenvalue weighted by atomic mass is 9.81. The van der Waals surface area contributed by atoms with E-state index in [-0.39, 0.29) is 53.3 Å². The molecule has 162 valence electrons. The van der Waals surface area contributed by atoms with E-state index in [2.05, 4.69) is 17.4 Å². The zero-order chi connectivity index (χ0) is 21.5. The molecule has 9 heteroatoms. The lowest BCUT2D eigenvalue weighted by Gasteiger charge is -2.41. The van der Waals surface area contributed by atoms with Crippen LogP contribution in [0.4, 0.5) is 5.69 Å². The van der Waals surface area contributed by atoms with Crippen LogP contribution in [-0.4, -0.2) is 53.0 Å². The normalized spacial score (nSPS) is 28.9. The van der Waals surface area contributed by atoms with Crippen molar-refractivity contribution in [3.63, 3.8) is 0 Å². The number of hydrogen-bond donors (Lipinski definition) is 4. The lowest BCUT2D eigenvalue weighted by molar-refractivity contribution is -0.150. The second-order valence-corrected chi connectivity index (χ2v) is 8.74. The summed E-state index contributed by atoms with van der Waals surface area (Å²) in [6.07, 6.45) is 4.46. The SMILES string of the molecule is CC1CN2C(=O)C(COc3cccc(N)c3/C(N)=N\O)(C(=O)NC3CCCC3)CC12. The van der Waals surface area contributed by atoms with Crippen LogP contribution in [0.5, 0.6) is 5.75 Å². The molecule has 1 aromatic carbocycles. The Morgan fingerprint density at radius 2 is 2.13 bits per heavy atom. The second kappa shape index (κ2) is 7.70. The Morgan fingerprint density at radius 1 is 1.40 bits per heavy atom. The quantitative estimate of drug-likeness (QED) is 0.136. The zero-order valence-electron chi connectivity index (χ0n) is 17.1. The largest absolute Gasteiger partial charge is 0.491 e. The summed E-state index contributed by atoms with van der Waals surface area (Å²) < 4.78 is 5.98.